The molecule has 0 fully saturated rings. The van der Waals surface area contributed by atoms with E-state index in [1.165, 1.54) is 27.6 Å². The van der Waals surface area contributed by atoms with Crippen LogP contribution in [0.4, 0.5) is 0 Å². The van der Waals surface area contributed by atoms with Crippen LogP contribution < -0.4 is 0 Å². The largest absolute Gasteiger partial charge is 0.465 e. The smallest absolute Gasteiger partial charge is 0.337 e. The summed E-state index contributed by atoms with van der Waals surface area (Å²) in [7, 11) is 1.38. The summed E-state index contributed by atoms with van der Waals surface area (Å²) in [5.74, 6) is -0.348. The third-order valence-electron chi connectivity index (χ3n) is 3.64. The van der Waals surface area contributed by atoms with E-state index in [9.17, 15) is 4.79 Å². The zero-order valence-corrected chi connectivity index (χ0v) is 14.6. The molecule has 0 amide bonds. The standard InChI is InChI=1S/C17H14BrNO2S/c1-10-12-4-3-5-13(16(12)22-15(10)9-18)14-8-11(6-7-19-14)17(20)21-2/h3-8H,9H2,1-2H3. The van der Waals surface area contributed by atoms with Gasteiger partial charge in [0.1, 0.15) is 0 Å². The fourth-order valence-corrected chi connectivity index (χ4v) is 4.39. The van der Waals surface area contributed by atoms with Gasteiger partial charge in [0, 0.05) is 26.7 Å². The number of esters is 1. The van der Waals surface area contributed by atoms with E-state index in [0.29, 0.717) is 5.56 Å². The van der Waals surface area contributed by atoms with Crippen molar-refractivity contribution in [2.24, 2.45) is 0 Å². The molecule has 0 saturated heterocycles. The van der Waals surface area contributed by atoms with Gasteiger partial charge in [-0.05, 0) is 30.0 Å². The van der Waals surface area contributed by atoms with Crippen LogP contribution in [0.5, 0.6) is 0 Å². The molecule has 3 nitrogen and oxygen atoms in total. The number of carbonyl (C=O) groups excluding carboxylic acids is 1. The number of carbonyl (C=O) groups is 1. The number of ether oxygens (including phenoxy) is 1. The van der Waals surface area contributed by atoms with Crippen molar-refractivity contribution in [3.8, 4) is 11.3 Å². The molecule has 22 heavy (non-hydrogen) atoms. The molecule has 2 aromatic heterocycles. The lowest BCUT2D eigenvalue weighted by Crippen LogP contribution is -2.01. The summed E-state index contributed by atoms with van der Waals surface area (Å²) in [5, 5.41) is 2.08. The summed E-state index contributed by atoms with van der Waals surface area (Å²) in [6.45, 7) is 2.14. The number of aromatic nitrogens is 1. The van der Waals surface area contributed by atoms with Crippen LogP contribution in [0.25, 0.3) is 21.3 Å². The Kier molecular flexibility index (Phi) is 4.27. The molecule has 0 aliphatic rings. The number of hydrogen-bond acceptors (Lipinski definition) is 4. The second-order valence-corrected chi connectivity index (χ2v) is 6.55. The second-order valence-electron chi connectivity index (χ2n) is 4.89. The molecular formula is C17H14BrNO2S. The summed E-state index contributed by atoms with van der Waals surface area (Å²) in [4.78, 5) is 17.5. The van der Waals surface area contributed by atoms with Crippen molar-refractivity contribution in [3.05, 3.63) is 52.5 Å². The van der Waals surface area contributed by atoms with Crippen molar-refractivity contribution < 1.29 is 9.53 Å². The quantitative estimate of drug-likeness (QED) is 0.480. The summed E-state index contributed by atoms with van der Waals surface area (Å²) in [5.41, 5.74) is 3.64. The minimum atomic E-state index is -0.348. The van der Waals surface area contributed by atoms with Crippen molar-refractivity contribution in [2.75, 3.05) is 7.11 Å². The SMILES string of the molecule is COC(=O)c1ccnc(-c2cccc3c(C)c(CBr)sc23)c1. The Morgan fingerprint density at radius 3 is 2.91 bits per heavy atom. The highest BCUT2D eigenvalue weighted by molar-refractivity contribution is 9.08. The second kappa shape index (κ2) is 6.18. The molecule has 2 heterocycles. The first-order chi connectivity index (χ1) is 10.7. The van der Waals surface area contributed by atoms with Crippen molar-refractivity contribution in [3.63, 3.8) is 0 Å². The third kappa shape index (κ3) is 2.55. The van der Waals surface area contributed by atoms with E-state index in [1.54, 1.807) is 29.7 Å². The van der Waals surface area contributed by atoms with Crippen LogP contribution in [0.2, 0.25) is 0 Å². The molecule has 0 spiro atoms. The summed E-state index contributed by atoms with van der Waals surface area (Å²) >= 11 is 5.30. The Hall–Kier alpha value is -1.72. The molecule has 0 atom stereocenters. The van der Waals surface area contributed by atoms with Crippen LogP contribution in [-0.2, 0) is 10.1 Å². The topological polar surface area (TPSA) is 39.2 Å². The molecule has 0 aliphatic heterocycles. The normalized spacial score (nSPS) is 10.9. The van der Waals surface area contributed by atoms with Gasteiger partial charge in [0.2, 0.25) is 0 Å². The van der Waals surface area contributed by atoms with Gasteiger partial charge in [0.05, 0.1) is 18.4 Å². The first-order valence-corrected chi connectivity index (χ1v) is 8.71. The number of halogens is 1. The van der Waals surface area contributed by atoms with Gasteiger partial charge >= 0.3 is 5.97 Å². The van der Waals surface area contributed by atoms with Crippen LogP contribution >= 0.6 is 27.3 Å². The molecule has 112 valence electrons. The Morgan fingerprint density at radius 1 is 1.36 bits per heavy atom. The van der Waals surface area contributed by atoms with Gasteiger partial charge in [-0.15, -0.1) is 11.3 Å². The summed E-state index contributed by atoms with van der Waals surface area (Å²) in [6.07, 6.45) is 1.65. The van der Waals surface area contributed by atoms with Gasteiger partial charge < -0.3 is 4.74 Å². The van der Waals surface area contributed by atoms with E-state index >= 15 is 0 Å². The van der Waals surface area contributed by atoms with E-state index in [0.717, 1.165) is 16.6 Å². The molecule has 3 aromatic rings. The van der Waals surface area contributed by atoms with Gasteiger partial charge in [0.25, 0.3) is 0 Å². The Morgan fingerprint density at radius 2 is 2.18 bits per heavy atom. The average molecular weight is 376 g/mol. The van der Waals surface area contributed by atoms with Crippen molar-refractivity contribution in [2.45, 2.75) is 12.3 Å². The average Bonchev–Trinajstić information content (AvgIpc) is 2.90. The van der Waals surface area contributed by atoms with Crippen LogP contribution in [0, 0.1) is 6.92 Å². The Balaban J connectivity index is 2.20. The van der Waals surface area contributed by atoms with E-state index in [1.807, 2.05) is 12.1 Å². The van der Waals surface area contributed by atoms with Crippen LogP contribution in [0.3, 0.4) is 0 Å². The summed E-state index contributed by atoms with van der Waals surface area (Å²) in [6, 6.07) is 9.64. The van der Waals surface area contributed by atoms with Crippen LogP contribution in [0.1, 0.15) is 20.8 Å². The lowest BCUT2D eigenvalue weighted by atomic mass is 10.1. The van der Waals surface area contributed by atoms with Crippen molar-refractivity contribution in [1.29, 1.82) is 0 Å². The lowest BCUT2D eigenvalue weighted by molar-refractivity contribution is 0.0600. The third-order valence-corrected chi connectivity index (χ3v) is 5.91. The maximum atomic E-state index is 11.7. The molecule has 0 unspecified atom stereocenters. The van der Waals surface area contributed by atoms with Gasteiger partial charge in [-0.1, -0.05) is 34.1 Å². The molecule has 0 aliphatic carbocycles. The monoisotopic (exact) mass is 375 g/mol. The highest BCUT2D eigenvalue weighted by atomic mass is 79.9. The number of hydrogen-bond donors (Lipinski definition) is 0. The van der Waals surface area contributed by atoms with Gasteiger partial charge in [0.15, 0.2) is 0 Å². The minimum absolute atomic E-state index is 0.348. The van der Waals surface area contributed by atoms with Gasteiger partial charge in [-0.3, -0.25) is 4.98 Å². The van der Waals surface area contributed by atoms with E-state index in [-0.39, 0.29) is 5.97 Å². The van der Waals surface area contributed by atoms with E-state index in [2.05, 4.69) is 33.9 Å². The maximum absolute atomic E-state index is 11.7. The van der Waals surface area contributed by atoms with E-state index < -0.39 is 0 Å². The molecule has 0 radical (unpaired) electrons. The van der Waals surface area contributed by atoms with Gasteiger partial charge in [-0.25, -0.2) is 4.79 Å². The van der Waals surface area contributed by atoms with E-state index in [4.69, 9.17) is 4.74 Å². The molecule has 5 heteroatoms. The number of alkyl halides is 1. The number of aryl methyl sites for hydroxylation is 1. The molecule has 1 aromatic carbocycles. The summed E-state index contributed by atoms with van der Waals surface area (Å²) < 4.78 is 5.98. The Bertz CT molecular complexity index is 857. The molecular weight excluding hydrogens is 362 g/mol. The van der Waals surface area contributed by atoms with Gasteiger partial charge in [-0.2, -0.15) is 0 Å². The van der Waals surface area contributed by atoms with Crippen LogP contribution in [-0.4, -0.2) is 18.1 Å². The molecule has 3 rings (SSSR count). The highest BCUT2D eigenvalue weighted by Gasteiger charge is 2.14. The van der Waals surface area contributed by atoms with Crippen molar-refractivity contribution in [1.82, 2.24) is 4.98 Å². The van der Waals surface area contributed by atoms with Crippen molar-refractivity contribution >= 4 is 43.3 Å². The zero-order valence-electron chi connectivity index (χ0n) is 12.2. The minimum Gasteiger partial charge on any atom is -0.465 e. The lowest BCUT2D eigenvalue weighted by Gasteiger charge is -2.05. The number of pyridine rings is 1. The fraction of sp³-hybridized carbons (Fsp3) is 0.176. The Labute approximate surface area is 141 Å². The predicted molar refractivity (Wildman–Crippen MR) is 93.8 cm³/mol. The molecule has 0 N–H and O–H groups in total. The number of nitrogens with zero attached hydrogens (tertiary/aromatic N) is 1. The maximum Gasteiger partial charge on any atom is 0.337 e. The number of thiophene rings is 1. The number of methoxy groups -OCH3 is 1. The molecule has 0 saturated carbocycles. The zero-order chi connectivity index (χ0) is 15.7. The predicted octanol–water partition coefficient (Wildman–Crippen LogP) is 4.95. The molecule has 0 bridgehead atoms. The van der Waals surface area contributed by atoms with Crippen LogP contribution in [0.15, 0.2) is 36.5 Å². The number of fused-ring (bicyclic) bond motifs is 1. The first-order valence-electron chi connectivity index (χ1n) is 6.77. The number of rotatable bonds is 3. The highest BCUT2D eigenvalue weighted by Crippen LogP contribution is 2.38. The first kappa shape index (κ1) is 15.2. The number of benzene rings is 1. The fourth-order valence-electron chi connectivity index (χ4n) is 2.44.